The highest BCUT2D eigenvalue weighted by Crippen LogP contribution is 2.17. The molecule has 0 heterocycles. The Balaban J connectivity index is 2.60. The van der Waals surface area contributed by atoms with Crippen molar-refractivity contribution >= 4 is 35.4 Å². The van der Waals surface area contributed by atoms with E-state index in [1.807, 2.05) is 18.4 Å². The minimum Gasteiger partial charge on any atom is -0.480 e. The Hall–Kier alpha value is -2.22. The summed E-state index contributed by atoms with van der Waals surface area (Å²) in [6, 6.07) is 4.95. The number of carbonyl (C=O) groups is 3. The van der Waals surface area contributed by atoms with Gasteiger partial charge in [0.1, 0.15) is 6.04 Å². The molecular weight excluding hydrogens is 282 g/mol. The van der Waals surface area contributed by atoms with Crippen molar-refractivity contribution in [1.82, 2.24) is 5.32 Å². The van der Waals surface area contributed by atoms with Gasteiger partial charge in [-0.05, 0) is 30.5 Å². The molecule has 1 aromatic carbocycles. The van der Waals surface area contributed by atoms with Crippen LogP contribution in [0.25, 0.3) is 0 Å². The summed E-state index contributed by atoms with van der Waals surface area (Å²) in [6.45, 7) is 0. The second-order valence-corrected chi connectivity index (χ2v) is 4.77. The molecule has 0 aliphatic rings. The third-order valence-electron chi connectivity index (χ3n) is 2.36. The number of benzene rings is 1. The molecule has 20 heavy (non-hydrogen) atoms. The molecule has 8 heteroatoms. The zero-order valence-electron chi connectivity index (χ0n) is 10.8. The van der Waals surface area contributed by atoms with E-state index in [1.54, 1.807) is 23.9 Å². The molecule has 108 valence electrons. The Morgan fingerprint density at radius 1 is 1.30 bits per heavy atom. The summed E-state index contributed by atoms with van der Waals surface area (Å²) in [5, 5.41) is 13.5. The molecule has 0 saturated heterocycles. The first-order valence-corrected chi connectivity index (χ1v) is 6.87. The predicted octanol–water partition coefficient (Wildman–Crippen LogP) is 0.859. The number of rotatable bonds is 6. The first-order valence-electron chi connectivity index (χ1n) is 5.65. The summed E-state index contributed by atoms with van der Waals surface area (Å²) in [5.41, 5.74) is 5.43. The Morgan fingerprint density at radius 2 is 1.90 bits per heavy atom. The smallest absolute Gasteiger partial charge is 0.326 e. The molecule has 1 atom stereocenters. The van der Waals surface area contributed by atoms with Crippen LogP contribution in [0.2, 0.25) is 0 Å². The summed E-state index contributed by atoms with van der Waals surface area (Å²) in [5.74, 6) is -2.13. The van der Waals surface area contributed by atoms with Crippen molar-refractivity contribution < 1.29 is 19.5 Å². The van der Waals surface area contributed by atoms with Gasteiger partial charge < -0.3 is 21.5 Å². The van der Waals surface area contributed by atoms with Gasteiger partial charge in [-0.1, -0.05) is 0 Å². The van der Waals surface area contributed by atoms with Crippen LogP contribution >= 0.6 is 11.8 Å². The number of nitrogens with one attached hydrogen (secondary N) is 2. The fourth-order valence-corrected chi connectivity index (χ4v) is 1.81. The minimum absolute atomic E-state index is 0.464. The molecule has 0 aromatic heterocycles. The molecule has 0 aliphatic carbocycles. The Bertz CT molecular complexity index is 504. The van der Waals surface area contributed by atoms with Gasteiger partial charge in [-0.15, -0.1) is 11.8 Å². The van der Waals surface area contributed by atoms with E-state index in [9.17, 15) is 14.4 Å². The van der Waals surface area contributed by atoms with E-state index in [0.717, 1.165) is 4.90 Å². The van der Waals surface area contributed by atoms with Gasteiger partial charge in [0.05, 0.1) is 6.42 Å². The molecule has 0 aliphatic heterocycles. The van der Waals surface area contributed by atoms with Crippen molar-refractivity contribution in [2.24, 2.45) is 5.73 Å². The fraction of sp³-hybridized carbons (Fsp3) is 0.250. The van der Waals surface area contributed by atoms with Crippen molar-refractivity contribution in [2.75, 3.05) is 11.6 Å². The van der Waals surface area contributed by atoms with E-state index in [0.29, 0.717) is 5.69 Å². The van der Waals surface area contributed by atoms with Crippen LogP contribution in [0.5, 0.6) is 0 Å². The van der Waals surface area contributed by atoms with Crippen molar-refractivity contribution in [2.45, 2.75) is 17.4 Å². The molecule has 0 bridgehead atoms. The largest absolute Gasteiger partial charge is 0.480 e. The highest BCUT2D eigenvalue weighted by atomic mass is 32.2. The lowest BCUT2D eigenvalue weighted by atomic mass is 10.2. The Morgan fingerprint density at radius 3 is 2.35 bits per heavy atom. The van der Waals surface area contributed by atoms with Crippen LogP contribution in [-0.4, -0.2) is 35.3 Å². The maximum Gasteiger partial charge on any atom is 0.326 e. The Labute approximate surface area is 119 Å². The fourth-order valence-electron chi connectivity index (χ4n) is 1.40. The van der Waals surface area contributed by atoms with E-state index in [2.05, 4.69) is 10.6 Å². The number of thioether (sulfide) groups is 1. The molecule has 0 spiro atoms. The number of amides is 3. The lowest BCUT2D eigenvalue weighted by Gasteiger charge is -2.13. The highest BCUT2D eigenvalue weighted by Gasteiger charge is 2.21. The first-order chi connectivity index (χ1) is 9.42. The number of nitrogens with two attached hydrogens (primary N) is 1. The summed E-state index contributed by atoms with van der Waals surface area (Å²) < 4.78 is 0. The zero-order chi connectivity index (χ0) is 15.1. The number of hydrogen-bond acceptors (Lipinski definition) is 4. The van der Waals surface area contributed by atoms with Gasteiger partial charge in [-0.2, -0.15) is 0 Å². The van der Waals surface area contributed by atoms with E-state index in [4.69, 9.17) is 10.8 Å². The van der Waals surface area contributed by atoms with Gasteiger partial charge in [0.15, 0.2) is 0 Å². The monoisotopic (exact) mass is 297 g/mol. The second kappa shape index (κ2) is 7.39. The van der Waals surface area contributed by atoms with E-state index < -0.39 is 30.4 Å². The van der Waals surface area contributed by atoms with E-state index in [1.165, 1.54) is 0 Å². The standard InChI is InChI=1S/C12H15N3O4S/c1-20-8-4-2-7(3-5-8)14-12(19)15-9(11(17)18)6-10(13)16/h2-5,9H,6H2,1H3,(H2,13,16)(H,17,18)(H2,14,15,19)/t9-/m0/s1. The van der Waals surface area contributed by atoms with Crippen molar-refractivity contribution in [1.29, 1.82) is 0 Å². The summed E-state index contributed by atoms with van der Waals surface area (Å²) >= 11 is 1.56. The normalized spacial score (nSPS) is 11.4. The Kier molecular flexibility index (Phi) is 5.85. The number of carbonyl (C=O) groups excluding carboxylic acids is 2. The molecule has 0 saturated carbocycles. The maximum atomic E-state index is 11.6. The lowest BCUT2D eigenvalue weighted by Crippen LogP contribution is -2.45. The van der Waals surface area contributed by atoms with E-state index in [-0.39, 0.29) is 0 Å². The SMILES string of the molecule is CSc1ccc(NC(=O)N[C@@H](CC(N)=O)C(=O)O)cc1. The van der Waals surface area contributed by atoms with Crippen LogP contribution in [-0.2, 0) is 9.59 Å². The summed E-state index contributed by atoms with van der Waals surface area (Å²) in [7, 11) is 0. The number of carboxylic acid groups (broad SMARTS) is 1. The van der Waals surface area contributed by atoms with Gasteiger partial charge in [0, 0.05) is 10.6 Å². The zero-order valence-corrected chi connectivity index (χ0v) is 11.6. The quantitative estimate of drug-likeness (QED) is 0.580. The number of primary amides is 1. The van der Waals surface area contributed by atoms with Gasteiger partial charge in [-0.25, -0.2) is 9.59 Å². The number of carboxylic acids is 1. The molecule has 0 fully saturated rings. The summed E-state index contributed by atoms with van der Waals surface area (Å²) in [4.78, 5) is 34.2. The van der Waals surface area contributed by atoms with Crippen LogP contribution in [0.15, 0.2) is 29.2 Å². The van der Waals surface area contributed by atoms with Crippen LogP contribution in [0, 0.1) is 0 Å². The minimum atomic E-state index is -1.35. The average Bonchev–Trinajstić information content (AvgIpc) is 2.38. The van der Waals surface area contributed by atoms with Crippen molar-refractivity contribution in [3.63, 3.8) is 0 Å². The lowest BCUT2D eigenvalue weighted by molar-refractivity contribution is -0.140. The number of hydrogen-bond donors (Lipinski definition) is 4. The van der Waals surface area contributed by atoms with Crippen LogP contribution < -0.4 is 16.4 Å². The van der Waals surface area contributed by atoms with Crippen LogP contribution in [0.4, 0.5) is 10.5 Å². The molecule has 5 N–H and O–H groups in total. The molecule has 7 nitrogen and oxygen atoms in total. The van der Waals surface area contributed by atoms with Gasteiger partial charge in [0.25, 0.3) is 0 Å². The van der Waals surface area contributed by atoms with Gasteiger partial charge in [0.2, 0.25) is 5.91 Å². The van der Waals surface area contributed by atoms with E-state index >= 15 is 0 Å². The third kappa shape index (κ3) is 5.19. The molecule has 0 unspecified atom stereocenters. The predicted molar refractivity (Wildman–Crippen MR) is 75.6 cm³/mol. The van der Waals surface area contributed by atoms with Crippen LogP contribution in [0.3, 0.4) is 0 Å². The van der Waals surface area contributed by atoms with Gasteiger partial charge >= 0.3 is 12.0 Å². The molecule has 3 amide bonds. The molecule has 0 radical (unpaired) electrons. The maximum absolute atomic E-state index is 11.6. The topological polar surface area (TPSA) is 122 Å². The van der Waals surface area contributed by atoms with Gasteiger partial charge in [-0.3, -0.25) is 4.79 Å². The number of anilines is 1. The van der Waals surface area contributed by atoms with Crippen molar-refractivity contribution in [3.8, 4) is 0 Å². The van der Waals surface area contributed by atoms with Crippen LogP contribution in [0.1, 0.15) is 6.42 Å². The van der Waals surface area contributed by atoms with Crippen molar-refractivity contribution in [3.05, 3.63) is 24.3 Å². The second-order valence-electron chi connectivity index (χ2n) is 3.89. The molecule has 1 aromatic rings. The molecular formula is C12H15N3O4S. The average molecular weight is 297 g/mol. The highest BCUT2D eigenvalue weighted by molar-refractivity contribution is 7.98. The number of aliphatic carboxylic acids is 1. The number of urea groups is 1. The third-order valence-corrected chi connectivity index (χ3v) is 3.10. The summed E-state index contributed by atoms with van der Waals surface area (Å²) in [6.07, 6.45) is 1.46. The first kappa shape index (κ1) is 15.8. The molecule has 1 rings (SSSR count).